The number of hydrogen-bond donors (Lipinski definition) is 3. The molecule has 0 amide bonds. The van der Waals surface area contributed by atoms with E-state index in [0.29, 0.717) is 5.69 Å². The molecule has 1 aromatic carbocycles. The number of hydrogen-bond acceptors (Lipinski definition) is 5. The zero-order chi connectivity index (χ0) is 14.9. The summed E-state index contributed by atoms with van der Waals surface area (Å²) in [5.41, 5.74) is 6.04. The van der Waals surface area contributed by atoms with Crippen molar-refractivity contribution < 1.29 is 8.42 Å². The molecule has 10 heteroatoms. The van der Waals surface area contributed by atoms with Gasteiger partial charge in [0, 0.05) is 16.1 Å². The van der Waals surface area contributed by atoms with Crippen molar-refractivity contribution in [3.8, 4) is 0 Å². The molecule has 0 fully saturated rings. The molecule has 0 bridgehead atoms. The molecule has 6 nitrogen and oxygen atoms in total. The van der Waals surface area contributed by atoms with Gasteiger partial charge < -0.3 is 10.7 Å². The fraction of sp³-hybridized carbons (Fsp3) is 0.100. The van der Waals surface area contributed by atoms with Crippen LogP contribution in [0.15, 0.2) is 27.2 Å². The number of aromatic amines is 1. The molecule has 0 unspecified atom stereocenters. The average molecular weight is 354 g/mol. The number of nitrogens with one attached hydrogen (secondary N) is 2. The zero-order valence-corrected chi connectivity index (χ0v) is 13.0. The summed E-state index contributed by atoms with van der Waals surface area (Å²) in [7, 11) is -3.91. The quantitative estimate of drug-likeness (QED) is 0.728. The molecule has 0 saturated carbocycles. The van der Waals surface area contributed by atoms with Crippen molar-refractivity contribution in [3.63, 3.8) is 0 Å². The minimum absolute atomic E-state index is 0.0474. The summed E-state index contributed by atoms with van der Waals surface area (Å²) < 4.78 is 26.6. The molecule has 2 rings (SSSR count). The summed E-state index contributed by atoms with van der Waals surface area (Å²) in [6.45, 7) is -0.0700. The van der Waals surface area contributed by atoms with E-state index in [2.05, 4.69) is 9.71 Å². The lowest BCUT2D eigenvalue weighted by Crippen LogP contribution is -2.25. The first-order chi connectivity index (χ1) is 9.29. The Bertz CT molecular complexity index is 775. The van der Waals surface area contributed by atoms with Crippen LogP contribution in [0.4, 0.5) is 5.69 Å². The molecule has 2 aromatic rings. The van der Waals surface area contributed by atoms with Crippen molar-refractivity contribution in [2.75, 3.05) is 5.73 Å². The van der Waals surface area contributed by atoms with E-state index < -0.39 is 10.0 Å². The number of H-pyrrole nitrogens is 1. The van der Waals surface area contributed by atoms with Gasteiger partial charge in [-0.3, -0.25) is 4.79 Å². The summed E-state index contributed by atoms with van der Waals surface area (Å²) >= 11 is 12.5. The number of rotatable bonds is 4. The van der Waals surface area contributed by atoms with Crippen LogP contribution < -0.4 is 15.3 Å². The van der Waals surface area contributed by atoms with E-state index in [-0.39, 0.29) is 32.0 Å². The molecule has 0 saturated heterocycles. The van der Waals surface area contributed by atoms with Crippen LogP contribution in [0.2, 0.25) is 10.0 Å². The van der Waals surface area contributed by atoms with Crippen LogP contribution in [-0.4, -0.2) is 13.4 Å². The van der Waals surface area contributed by atoms with Crippen LogP contribution >= 0.6 is 34.5 Å². The summed E-state index contributed by atoms with van der Waals surface area (Å²) in [6, 6.07) is 2.59. The highest BCUT2D eigenvalue weighted by molar-refractivity contribution is 7.89. The highest BCUT2D eigenvalue weighted by atomic mass is 35.5. The van der Waals surface area contributed by atoms with Crippen molar-refractivity contribution in [3.05, 3.63) is 42.9 Å². The van der Waals surface area contributed by atoms with Crippen molar-refractivity contribution in [2.24, 2.45) is 0 Å². The van der Waals surface area contributed by atoms with Crippen LogP contribution in [0, 0.1) is 0 Å². The van der Waals surface area contributed by atoms with E-state index in [9.17, 15) is 13.2 Å². The molecule has 0 spiro atoms. The predicted molar refractivity (Wildman–Crippen MR) is 79.8 cm³/mol. The predicted octanol–water partition coefficient (Wildman–Crippen LogP) is 1.80. The van der Waals surface area contributed by atoms with E-state index in [1.165, 1.54) is 17.5 Å². The fourth-order valence-electron chi connectivity index (χ4n) is 1.51. The smallest absolute Gasteiger partial charge is 0.304 e. The lowest BCUT2D eigenvalue weighted by Gasteiger charge is -2.10. The van der Waals surface area contributed by atoms with Crippen LogP contribution in [0.3, 0.4) is 0 Å². The second-order valence-corrected chi connectivity index (χ2v) is 7.19. The molecular weight excluding hydrogens is 345 g/mol. The van der Waals surface area contributed by atoms with Gasteiger partial charge in [-0.15, -0.1) is 0 Å². The van der Waals surface area contributed by atoms with Gasteiger partial charge in [0.25, 0.3) is 0 Å². The van der Waals surface area contributed by atoms with Gasteiger partial charge in [-0.1, -0.05) is 34.5 Å². The molecule has 0 aliphatic heterocycles. The van der Waals surface area contributed by atoms with Crippen LogP contribution in [0.25, 0.3) is 0 Å². The number of sulfonamides is 1. The van der Waals surface area contributed by atoms with E-state index in [1.807, 2.05) is 0 Å². The number of nitrogens with two attached hydrogens (primary N) is 1. The summed E-state index contributed by atoms with van der Waals surface area (Å²) in [4.78, 5) is 13.0. The minimum Gasteiger partial charge on any atom is -0.398 e. The summed E-state index contributed by atoms with van der Waals surface area (Å²) in [6.07, 6.45) is 0. The molecule has 0 aliphatic carbocycles. The molecule has 1 heterocycles. The number of anilines is 1. The monoisotopic (exact) mass is 353 g/mol. The molecular formula is C10H9Cl2N3O3S2. The molecule has 20 heavy (non-hydrogen) atoms. The standard InChI is InChI=1S/C10H9Cl2N3O3S2/c11-5-1-7(12)9(8(13)2-5)20(17,18)14-3-6-4-19-10(16)15-6/h1-2,4,14H,3,13H2,(H,15,16). The third-order valence-electron chi connectivity index (χ3n) is 2.33. The van der Waals surface area contributed by atoms with Gasteiger partial charge in [-0.25, -0.2) is 13.1 Å². The first-order valence-corrected chi connectivity index (χ1v) is 8.32. The van der Waals surface area contributed by atoms with Crippen LogP contribution in [0.5, 0.6) is 0 Å². The van der Waals surface area contributed by atoms with Crippen LogP contribution in [-0.2, 0) is 16.6 Å². The topological polar surface area (TPSA) is 105 Å². The maximum Gasteiger partial charge on any atom is 0.304 e. The lowest BCUT2D eigenvalue weighted by molar-refractivity contribution is 0.581. The van der Waals surface area contributed by atoms with Crippen molar-refractivity contribution in [1.29, 1.82) is 0 Å². The lowest BCUT2D eigenvalue weighted by atomic mass is 10.3. The Balaban J connectivity index is 2.29. The van der Waals surface area contributed by atoms with E-state index in [0.717, 1.165) is 11.3 Å². The van der Waals surface area contributed by atoms with Gasteiger partial charge >= 0.3 is 4.87 Å². The average Bonchev–Trinajstić information content (AvgIpc) is 2.71. The van der Waals surface area contributed by atoms with E-state index >= 15 is 0 Å². The highest BCUT2D eigenvalue weighted by Gasteiger charge is 2.22. The molecule has 0 aliphatic rings. The second-order valence-electron chi connectivity index (χ2n) is 3.80. The number of halogens is 2. The Labute approximate surface area is 128 Å². The second kappa shape index (κ2) is 5.74. The number of nitrogen functional groups attached to an aromatic ring is 1. The van der Waals surface area contributed by atoms with Crippen molar-refractivity contribution >= 4 is 50.2 Å². The molecule has 108 valence electrons. The Kier molecular flexibility index (Phi) is 4.40. The van der Waals surface area contributed by atoms with Gasteiger partial charge in [-0.05, 0) is 12.1 Å². The summed E-state index contributed by atoms with van der Waals surface area (Å²) in [5, 5.41) is 1.70. The minimum atomic E-state index is -3.91. The maximum absolute atomic E-state index is 12.2. The third kappa shape index (κ3) is 3.33. The largest absolute Gasteiger partial charge is 0.398 e. The normalized spacial score (nSPS) is 11.7. The van der Waals surface area contributed by atoms with Gasteiger partial charge in [-0.2, -0.15) is 0 Å². The molecule has 4 N–H and O–H groups in total. The third-order valence-corrected chi connectivity index (χ3v) is 5.19. The van der Waals surface area contributed by atoms with Crippen LogP contribution in [0.1, 0.15) is 5.69 Å². The van der Waals surface area contributed by atoms with Gasteiger partial charge in [0.1, 0.15) is 4.90 Å². The van der Waals surface area contributed by atoms with Gasteiger partial charge in [0.15, 0.2) is 0 Å². The first kappa shape index (κ1) is 15.3. The van der Waals surface area contributed by atoms with Gasteiger partial charge in [0.05, 0.1) is 17.3 Å². The van der Waals surface area contributed by atoms with Gasteiger partial charge in [0.2, 0.25) is 10.0 Å². The first-order valence-electron chi connectivity index (χ1n) is 5.20. The van der Waals surface area contributed by atoms with E-state index in [4.69, 9.17) is 28.9 Å². The Morgan fingerprint density at radius 1 is 1.35 bits per heavy atom. The number of aromatic nitrogens is 1. The maximum atomic E-state index is 12.2. The zero-order valence-electron chi connectivity index (χ0n) is 9.81. The fourth-order valence-corrected chi connectivity index (χ4v) is 4.08. The Morgan fingerprint density at radius 2 is 2.05 bits per heavy atom. The van der Waals surface area contributed by atoms with Crippen molar-refractivity contribution in [1.82, 2.24) is 9.71 Å². The number of benzene rings is 1. The molecule has 0 radical (unpaired) electrons. The van der Waals surface area contributed by atoms with E-state index in [1.54, 1.807) is 0 Å². The Hall–Kier alpha value is -1.06. The Morgan fingerprint density at radius 3 is 2.60 bits per heavy atom. The molecule has 0 atom stereocenters. The van der Waals surface area contributed by atoms with Crippen molar-refractivity contribution in [2.45, 2.75) is 11.4 Å². The summed E-state index contributed by atoms with van der Waals surface area (Å²) in [5.74, 6) is 0. The highest BCUT2D eigenvalue weighted by Crippen LogP contribution is 2.30. The SMILES string of the molecule is Nc1cc(Cl)cc(Cl)c1S(=O)(=O)NCc1csc(=O)[nH]1. The number of thiazole rings is 1. The molecule has 1 aromatic heterocycles.